The van der Waals surface area contributed by atoms with Gasteiger partial charge in [0.25, 0.3) is 0 Å². The van der Waals surface area contributed by atoms with Crippen molar-refractivity contribution >= 4 is 39.0 Å². The zero-order valence-electron chi connectivity index (χ0n) is 28.2. The van der Waals surface area contributed by atoms with Crippen molar-refractivity contribution in [3.8, 4) is 0 Å². The van der Waals surface area contributed by atoms with Gasteiger partial charge in [-0.05, 0) is 60.9 Å². The Morgan fingerprint density at radius 2 is 1.75 bits per heavy atom. The minimum atomic E-state index is -3.98. The largest absolute Gasteiger partial charge is 0.399 e. The van der Waals surface area contributed by atoms with Crippen molar-refractivity contribution in [2.75, 3.05) is 31.9 Å². The maximum absolute atomic E-state index is 14.1. The van der Waals surface area contributed by atoms with E-state index >= 15 is 0 Å². The lowest BCUT2D eigenvalue weighted by atomic mass is 9.97. The smallest absolute Gasteiger partial charge is 0.321 e. The Hall–Kier alpha value is -3.52. The van der Waals surface area contributed by atoms with Gasteiger partial charge >= 0.3 is 6.03 Å². The fourth-order valence-electron chi connectivity index (χ4n) is 6.14. The lowest BCUT2D eigenvalue weighted by Crippen LogP contribution is -2.57. The first kappa shape index (κ1) is 35.8. The van der Waals surface area contributed by atoms with Crippen LogP contribution in [0.1, 0.15) is 62.7 Å². The van der Waals surface area contributed by atoms with Gasteiger partial charge in [-0.15, -0.1) is 11.3 Å². The standard InChI is InChI=1S/C35H48N6O5S2/c1-23(2)19-40(48(45,46)29-14-12-27(36)13-15-29)21-31(42)30(18-25-8-6-5-7-9-25)38-33(43)32(24(3)4)41-17-16-39(35(41)44)20-28-22-47-34(37-28)26-10-11-26/h5-9,12-15,22-24,26,30-32,42H,10-11,16-21,36H2,1-4H3,(H,38,43)/t30-,31-,32-/m0/s1. The first-order valence-electron chi connectivity index (χ1n) is 16.7. The molecule has 4 N–H and O–H groups in total. The Morgan fingerprint density at radius 3 is 2.38 bits per heavy atom. The molecule has 2 aromatic carbocycles. The molecular formula is C35H48N6O5S2. The molecular weight excluding hydrogens is 649 g/mol. The first-order chi connectivity index (χ1) is 22.8. The normalized spacial score (nSPS) is 17.4. The minimum Gasteiger partial charge on any atom is -0.399 e. The molecule has 0 unspecified atom stereocenters. The summed E-state index contributed by atoms with van der Waals surface area (Å²) in [5, 5.41) is 17.9. The van der Waals surface area contributed by atoms with Crippen molar-refractivity contribution in [2.45, 2.75) is 82.5 Å². The van der Waals surface area contributed by atoms with Crippen LogP contribution in [-0.2, 0) is 27.8 Å². The number of thiazole rings is 1. The molecule has 11 nitrogen and oxygen atoms in total. The van der Waals surface area contributed by atoms with Crippen molar-refractivity contribution in [1.82, 2.24) is 24.4 Å². The molecule has 3 atom stereocenters. The highest BCUT2D eigenvalue weighted by Crippen LogP contribution is 2.41. The Kier molecular flexibility index (Phi) is 11.4. The van der Waals surface area contributed by atoms with Crippen molar-refractivity contribution in [3.63, 3.8) is 0 Å². The third-order valence-corrected chi connectivity index (χ3v) is 11.7. The number of benzene rings is 2. The van der Waals surface area contributed by atoms with E-state index in [2.05, 4.69) is 5.32 Å². The Bertz CT molecular complexity index is 1640. The van der Waals surface area contributed by atoms with Crippen LogP contribution in [0.2, 0.25) is 0 Å². The molecule has 2 fully saturated rings. The second kappa shape index (κ2) is 15.4. The maximum atomic E-state index is 14.1. The Labute approximate surface area is 288 Å². The summed E-state index contributed by atoms with van der Waals surface area (Å²) in [6, 6.07) is 13.6. The monoisotopic (exact) mass is 696 g/mol. The van der Waals surface area contributed by atoms with E-state index in [0.29, 0.717) is 31.2 Å². The number of hydrogen-bond donors (Lipinski definition) is 3. The third-order valence-electron chi connectivity index (χ3n) is 8.78. The number of anilines is 1. The van der Waals surface area contributed by atoms with Crippen LogP contribution in [0.15, 0.2) is 64.9 Å². The minimum absolute atomic E-state index is 0.0260. The first-order valence-corrected chi connectivity index (χ1v) is 19.0. The van der Waals surface area contributed by atoms with E-state index in [-0.39, 0.29) is 48.2 Å². The molecule has 1 saturated heterocycles. The van der Waals surface area contributed by atoms with Gasteiger partial charge in [0, 0.05) is 43.2 Å². The zero-order valence-corrected chi connectivity index (χ0v) is 29.8. The van der Waals surface area contributed by atoms with Crippen molar-refractivity contribution in [1.29, 1.82) is 0 Å². The van der Waals surface area contributed by atoms with Gasteiger partial charge < -0.3 is 26.0 Å². The Balaban J connectivity index is 1.34. The number of aliphatic hydroxyl groups excluding tert-OH is 1. The van der Waals surface area contributed by atoms with Crippen molar-refractivity contribution in [2.24, 2.45) is 11.8 Å². The number of sulfonamides is 1. The van der Waals surface area contributed by atoms with E-state index in [9.17, 15) is 23.1 Å². The Morgan fingerprint density at radius 1 is 1.06 bits per heavy atom. The molecule has 0 spiro atoms. The van der Waals surface area contributed by atoms with E-state index in [0.717, 1.165) is 16.3 Å². The van der Waals surface area contributed by atoms with Crippen LogP contribution in [0.5, 0.6) is 0 Å². The van der Waals surface area contributed by atoms with Crippen LogP contribution in [-0.4, -0.2) is 88.9 Å². The third kappa shape index (κ3) is 8.73. The number of aromatic nitrogens is 1. The molecule has 260 valence electrons. The second-order valence-corrected chi connectivity index (χ2v) is 16.5. The van der Waals surface area contributed by atoms with Gasteiger partial charge in [0.05, 0.1) is 34.3 Å². The van der Waals surface area contributed by atoms with Crippen LogP contribution < -0.4 is 11.1 Å². The summed E-state index contributed by atoms with van der Waals surface area (Å²) >= 11 is 1.64. The van der Waals surface area contributed by atoms with Crippen LogP contribution in [0.4, 0.5) is 10.5 Å². The molecule has 1 aliphatic heterocycles. The number of amides is 3. The van der Waals surface area contributed by atoms with E-state index in [1.165, 1.54) is 41.4 Å². The number of rotatable bonds is 16. The van der Waals surface area contributed by atoms with Gasteiger partial charge in [0.1, 0.15) is 6.04 Å². The predicted molar refractivity (Wildman–Crippen MR) is 188 cm³/mol. The van der Waals surface area contributed by atoms with Gasteiger partial charge in [-0.25, -0.2) is 18.2 Å². The maximum Gasteiger partial charge on any atom is 0.321 e. The number of carbonyl (C=O) groups is 2. The number of aliphatic hydroxyl groups is 1. The lowest BCUT2D eigenvalue weighted by molar-refractivity contribution is -0.128. The average molecular weight is 697 g/mol. The van der Waals surface area contributed by atoms with Gasteiger partial charge in [0.15, 0.2) is 0 Å². The topological polar surface area (TPSA) is 149 Å². The summed E-state index contributed by atoms with van der Waals surface area (Å²) in [5.41, 5.74) is 7.99. The van der Waals surface area contributed by atoms with Crippen molar-refractivity contribution in [3.05, 3.63) is 76.2 Å². The molecule has 2 heterocycles. The summed E-state index contributed by atoms with van der Waals surface area (Å²) in [6.07, 6.45) is 1.36. The van der Waals surface area contributed by atoms with Crippen molar-refractivity contribution < 1.29 is 23.1 Å². The highest BCUT2D eigenvalue weighted by atomic mass is 32.2. The average Bonchev–Trinajstić information content (AvgIpc) is 3.69. The van der Waals surface area contributed by atoms with Crippen LogP contribution >= 0.6 is 11.3 Å². The fourth-order valence-corrected chi connectivity index (χ4v) is 8.74. The van der Waals surface area contributed by atoms with E-state index in [1.807, 2.05) is 63.4 Å². The molecule has 3 amide bonds. The molecule has 5 rings (SSSR count). The molecule has 2 aliphatic rings. The van der Waals surface area contributed by atoms with E-state index < -0.39 is 28.2 Å². The quantitative estimate of drug-likeness (QED) is 0.189. The van der Waals surface area contributed by atoms with Gasteiger partial charge in [-0.2, -0.15) is 4.31 Å². The van der Waals surface area contributed by atoms with Crippen LogP contribution in [0.3, 0.4) is 0 Å². The van der Waals surface area contributed by atoms with Gasteiger partial charge in [-0.1, -0.05) is 58.0 Å². The number of carbonyl (C=O) groups excluding carboxylic acids is 2. The summed E-state index contributed by atoms with van der Waals surface area (Å²) in [4.78, 5) is 35.9. The summed E-state index contributed by atoms with van der Waals surface area (Å²) in [5.74, 6) is -0.0749. The van der Waals surface area contributed by atoms with Gasteiger partial charge in [0.2, 0.25) is 15.9 Å². The molecule has 1 aromatic heterocycles. The summed E-state index contributed by atoms with van der Waals surface area (Å²) < 4.78 is 28.8. The highest BCUT2D eigenvalue weighted by Gasteiger charge is 2.41. The number of nitrogen functional groups attached to an aromatic ring is 1. The predicted octanol–water partition coefficient (Wildman–Crippen LogP) is 4.30. The second-order valence-electron chi connectivity index (χ2n) is 13.7. The molecule has 13 heteroatoms. The highest BCUT2D eigenvalue weighted by molar-refractivity contribution is 7.89. The van der Waals surface area contributed by atoms with E-state index in [1.54, 1.807) is 21.1 Å². The van der Waals surface area contributed by atoms with E-state index in [4.69, 9.17) is 10.7 Å². The number of nitrogens with one attached hydrogen (secondary N) is 1. The number of urea groups is 1. The molecule has 48 heavy (non-hydrogen) atoms. The molecule has 1 saturated carbocycles. The summed E-state index contributed by atoms with van der Waals surface area (Å²) in [6.45, 7) is 8.82. The van der Waals surface area contributed by atoms with Crippen LogP contribution in [0, 0.1) is 11.8 Å². The summed E-state index contributed by atoms with van der Waals surface area (Å²) in [7, 11) is -3.98. The number of hydrogen-bond acceptors (Lipinski definition) is 8. The number of nitrogens with two attached hydrogens (primary N) is 1. The number of nitrogens with zero attached hydrogens (tertiary/aromatic N) is 4. The fraction of sp³-hybridized carbons (Fsp3) is 0.514. The van der Waals surface area contributed by atoms with Crippen LogP contribution in [0.25, 0.3) is 0 Å². The lowest BCUT2D eigenvalue weighted by Gasteiger charge is -2.34. The SMILES string of the molecule is CC(C)CN(C[C@H](O)[C@H](Cc1ccccc1)NC(=O)[C@H](C(C)C)N1CCN(Cc2csc(C3CC3)n2)C1=O)S(=O)(=O)c1ccc(N)cc1. The molecule has 1 aliphatic carbocycles. The molecule has 0 radical (unpaired) electrons. The molecule has 0 bridgehead atoms. The van der Waals surface area contributed by atoms with Gasteiger partial charge in [-0.3, -0.25) is 4.79 Å². The zero-order chi connectivity index (χ0) is 34.6. The molecule has 3 aromatic rings.